The fraction of sp³-hybridized carbons (Fsp3) is 0.227. The van der Waals surface area contributed by atoms with Gasteiger partial charge in [0, 0.05) is 30.9 Å². The molecule has 1 aromatic heterocycles. The van der Waals surface area contributed by atoms with E-state index in [9.17, 15) is 0 Å². The fourth-order valence-electron chi connectivity index (χ4n) is 3.23. The van der Waals surface area contributed by atoms with Crippen molar-refractivity contribution in [1.29, 1.82) is 0 Å². The minimum absolute atomic E-state index is 0.0625. The van der Waals surface area contributed by atoms with E-state index in [4.69, 9.17) is 9.47 Å². The van der Waals surface area contributed by atoms with Crippen LogP contribution in [0.15, 0.2) is 73.1 Å². The molecule has 0 bridgehead atoms. The summed E-state index contributed by atoms with van der Waals surface area (Å²) >= 11 is 0. The average Bonchev–Trinajstić information content (AvgIpc) is 2.96. The molecule has 4 rings (SSSR count). The zero-order chi connectivity index (χ0) is 17.6. The Hall–Kier alpha value is -2.85. The van der Waals surface area contributed by atoms with Crippen molar-refractivity contribution in [2.45, 2.75) is 19.0 Å². The molecule has 4 heteroatoms. The molecular weight excluding hydrogens is 324 g/mol. The Labute approximate surface area is 153 Å². The van der Waals surface area contributed by atoms with Gasteiger partial charge in [0.25, 0.3) is 0 Å². The van der Waals surface area contributed by atoms with Crippen LogP contribution in [0.4, 0.5) is 0 Å². The SMILES string of the molecule is c1ccc([C@@H](NCc2cccc3c2OCCCO3)c2cccnc2)cc1. The third-order valence-electron chi connectivity index (χ3n) is 4.50. The van der Waals surface area contributed by atoms with Gasteiger partial charge in [-0.15, -0.1) is 0 Å². The quantitative estimate of drug-likeness (QED) is 0.755. The van der Waals surface area contributed by atoms with E-state index < -0.39 is 0 Å². The molecule has 0 fully saturated rings. The van der Waals surface area contributed by atoms with Crippen LogP contribution in [-0.2, 0) is 6.54 Å². The second-order valence-corrected chi connectivity index (χ2v) is 6.31. The molecule has 1 aliphatic heterocycles. The number of para-hydroxylation sites is 1. The number of nitrogens with one attached hydrogen (secondary N) is 1. The molecule has 1 atom stereocenters. The zero-order valence-electron chi connectivity index (χ0n) is 14.6. The highest BCUT2D eigenvalue weighted by molar-refractivity contribution is 5.47. The molecule has 0 aliphatic carbocycles. The normalized spacial score (nSPS) is 14.5. The van der Waals surface area contributed by atoms with Gasteiger partial charge in [0.05, 0.1) is 19.3 Å². The standard InChI is InChI=1S/C22H22N2O2/c1-2-7-17(8-3-1)21(18-10-5-12-23-15-18)24-16-19-9-4-11-20-22(19)26-14-6-13-25-20/h1-5,7-12,15,21,24H,6,13-14,16H2/t21-/m1/s1. The lowest BCUT2D eigenvalue weighted by atomic mass is 10.00. The van der Waals surface area contributed by atoms with Crippen LogP contribution in [0.2, 0.25) is 0 Å². The largest absolute Gasteiger partial charge is 0.490 e. The van der Waals surface area contributed by atoms with E-state index in [1.54, 1.807) is 6.20 Å². The number of aromatic nitrogens is 1. The maximum atomic E-state index is 5.95. The molecule has 0 radical (unpaired) electrons. The van der Waals surface area contributed by atoms with E-state index in [1.807, 2.05) is 30.5 Å². The van der Waals surface area contributed by atoms with E-state index in [0.29, 0.717) is 19.8 Å². The molecule has 3 aromatic rings. The molecule has 132 valence electrons. The first-order chi connectivity index (χ1) is 12.9. The van der Waals surface area contributed by atoms with Crippen LogP contribution < -0.4 is 14.8 Å². The Morgan fingerprint density at radius 3 is 2.58 bits per heavy atom. The molecule has 0 unspecified atom stereocenters. The van der Waals surface area contributed by atoms with E-state index in [0.717, 1.165) is 29.0 Å². The highest BCUT2D eigenvalue weighted by atomic mass is 16.5. The van der Waals surface area contributed by atoms with Crippen LogP contribution in [0.25, 0.3) is 0 Å². The van der Waals surface area contributed by atoms with Gasteiger partial charge >= 0.3 is 0 Å². The minimum Gasteiger partial charge on any atom is -0.490 e. The number of fused-ring (bicyclic) bond motifs is 1. The molecule has 26 heavy (non-hydrogen) atoms. The average molecular weight is 346 g/mol. The highest BCUT2D eigenvalue weighted by Crippen LogP contribution is 2.33. The maximum absolute atomic E-state index is 5.95. The molecule has 0 spiro atoms. The molecule has 0 saturated heterocycles. The molecule has 4 nitrogen and oxygen atoms in total. The Kier molecular flexibility index (Phi) is 5.12. The number of pyridine rings is 1. The molecule has 2 aromatic carbocycles. The van der Waals surface area contributed by atoms with Gasteiger partial charge in [-0.05, 0) is 23.3 Å². The van der Waals surface area contributed by atoms with Gasteiger partial charge < -0.3 is 14.8 Å². The van der Waals surface area contributed by atoms with Gasteiger partial charge in [-0.1, -0.05) is 48.5 Å². The number of nitrogens with zero attached hydrogens (tertiary/aromatic N) is 1. The van der Waals surface area contributed by atoms with Gasteiger partial charge in [0.1, 0.15) is 0 Å². The van der Waals surface area contributed by atoms with E-state index >= 15 is 0 Å². The number of rotatable bonds is 5. The van der Waals surface area contributed by atoms with Crippen molar-refractivity contribution in [3.05, 3.63) is 89.7 Å². The summed E-state index contributed by atoms with van der Waals surface area (Å²) in [6, 6.07) is 20.6. The van der Waals surface area contributed by atoms with Crippen LogP contribution in [0.3, 0.4) is 0 Å². The van der Waals surface area contributed by atoms with Gasteiger partial charge in [-0.2, -0.15) is 0 Å². The van der Waals surface area contributed by atoms with Crippen molar-refractivity contribution < 1.29 is 9.47 Å². The minimum atomic E-state index is 0.0625. The Balaban J connectivity index is 1.60. The summed E-state index contributed by atoms with van der Waals surface area (Å²) in [7, 11) is 0. The molecule has 0 amide bonds. The van der Waals surface area contributed by atoms with E-state index in [2.05, 4.69) is 46.7 Å². The van der Waals surface area contributed by atoms with Gasteiger partial charge in [0.15, 0.2) is 11.5 Å². The van der Waals surface area contributed by atoms with Crippen molar-refractivity contribution in [1.82, 2.24) is 10.3 Å². The topological polar surface area (TPSA) is 43.4 Å². The summed E-state index contributed by atoms with van der Waals surface area (Å²) in [4.78, 5) is 4.28. The van der Waals surface area contributed by atoms with Crippen LogP contribution in [0, 0.1) is 0 Å². The maximum Gasteiger partial charge on any atom is 0.165 e. The molecule has 2 heterocycles. The first kappa shape index (κ1) is 16.6. The lowest BCUT2D eigenvalue weighted by Gasteiger charge is -2.21. The zero-order valence-corrected chi connectivity index (χ0v) is 14.6. The second-order valence-electron chi connectivity index (χ2n) is 6.31. The van der Waals surface area contributed by atoms with Crippen molar-refractivity contribution >= 4 is 0 Å². The molecule has 1 N–H and O–H groups in total. The number of hydrogen-bond donors (Lipinski definition) is 1. The van der Waals surface area contributed by atoms with Crippen molar-refractivity contribution in [2.24, 2.45) is 0 Å². The summed E-state index contributed by atoms with van der Waals surface area (Å²) in [6.07, 6.45) is 4.62. The summed E-state index contributed by atoms with van der Waals surface area (Å²) in [5, 5.41) is 3.66. The number of ether oxygens (including phenoxy) is 2. The first-order valence-corrected chi connectivity index (χ1v) is 8.97. The molecular formula is C22H22N2O2. The third kappa shape index (κ3) is 3.70. The Morgan fingerprint density at radius 2 is 1.73 bits per heavy atom. The van der Waals surface area contributed by atoms with E-state index in [-0.39, 0.29) is 6.04 Å². The van der Waals surface area contributed by atoms with E-state index in [1.165, 1.54) is 5.56 Å². The van der Waals surface area contributed by atoms with Crippen LogP contribution >= 0.6 is 0 Å². The number of benzene rings is 2. The van der Waals surface area contributed by atoms with Gasteiger partial charge in [-0.25, -0.2) is 0 Å². The summed E-state index contributed by atoms with van der Waals surface area (Å²) < 4.78 is 11.7. The van der Waals surface area contributed by atoms with Crippen molar-refractivity contribution in [3.8, 4) is 11.5 Å². The van der Waals surface area contributed by atoms with Gasteiger partial charge in [0.2, 0.25) is 0 Å². The monoisotopic (exact) mass is 346 g/mol. The van der Waals surface area contributed by atoms with Crippen LogP contribution in [0.5, 0.6) is 11.5 Å². The Morgan fingerprint density at radius 1 is 0.885 bits per heavy atom. The summed E-state index contributed by atoms with van der Waals surface area (Å²) in [6.45, 7) is 2.07. The lowest BCUT2D eigenvalue weighted by Crippen LogP contribution is -2.22. The predicted molar refractivity (Wildman–Crippen MR) is 101 cm³/mol. The molecule has 1 aliphatic rings. The molecule has 0 saturated carbocycles. The Bertz CT molecular complexity index is 798. The summed E-state index contributed by atoms with van der Waals surface area (Å²) in [5.74, 6) is 1.69. The summed E-state index contributed by atoms with van der Waals surface area (Å²) in [5.41, 5.74) is 3.45. The second kappa shape index (κ2) is 8.02. The predicted octanol–water partition coefficient (Wildman–Crippen LogP) is 4.12. The van der Waals surface area contributed by atoms with Crippen molar-refractivity contribution in [3.63, 3.8) is 0 Å². The van der Waals surface area contributed by atoms with Crippen LogP contribution in [-0.4, -0.2) is 18.2 Å². The first-order valence-electron chi connectivity index (χ1n) is 8.97. The third-order valence-corrected chi connectivity index (χ3v) is 4.50. The highest BCUT2D eigenvalue weighted by Gasteiger charge is 2.17. The lowest BCUT2D eigenvalue weighted by molar-refractivity contribution is 0.296. The smallest absolute Gasteiger partial charge is 0.165 e. The fourth-order valence-corrected chi connectivity index (χ4v) is 3.23. The van der Waals surface area contributed by atoms with Crippen molar-refractivity contribution in [2.75, 3.05) is 13.2 Å². The number of hydrogen-bond acceptors (Lipinski definition) is 4. The van der Waals surface area contributed by atoms with Gasteiger partial charge in [-0.3, -0.25) is 4.98 Å². The van der Waals surface area contributed by atoms with Crippen LogP contribution in [0.1, 0.15) is 29.2 Å².